The third kappa shape index (κ3) is 4.02. The molecule has 0 bridgehead atoms. The number of amides is 1. The normalized spacial score (nSPS) is 17.7. The summed E-state index contributed by atoms with van der Waals surface area (Å²) in [5.74, 6) is -0.324. The van der Waals surface area contributed by atoms with Gasteiger partial charge >= 0.3 is 5.97 Å². The van der Waals surface area contributed by atoms with Crippen LogP contribution in [0.3, 0.4) is 0 Å². The van der Waals surface area contributed by atoms with Gasteiger partial charge in [-0.05, 0) is 24.6 Å². The summed E-state index contributed by atoms with van der Waals surface area (Å²) in [4.78, 5) is 25.0. The average molecular weight is 332 g/mol. The summed E-state index contributed by atoms with van der Waals surface area (Å²) in [6.07, 6.45) is 0.611. The molecule has 0 aromatic heterocycles. The maximum Gasteiger partial charge on any atom is 0.310 e. The van der Waals surface area contributed by atoms with Crippen LogP contribution in [0.4, 0.5) is 0 Å². The zero-order chi connectivity index (χ0) is 15.4. The Labute approximate surface area is 132 Å². The Balaban J connectivity index is 1.87. The van der Waals surface area contributed by atoms with E-state index in [4.69, 9.17) is 27.9 Å². The Morgan fingerprint density at radius 2 is 2.14 bits per heavy atom. The number of likely N-dealkylation sites (tertiary alicyclic amines) is 1. The SMILES string of the molecule is COC(=O)C1CCN(C(=O)COc2ccc(Cl)cc2Cl)C1. The van der Waals surface area contributed by atoms with E-state index in [2.05, 4.69) is 4.74 Å². The van der Waals surface area contributed by atoms with Gasteiger partial charge in [0.2, 0.25) is 0 Å². The summed E-state index contributed by atoms with van der Waals surface area (Å²) in [5, 5.41) is 0.850. The molecule has 1 aliphatic heterocycles. The molecule has 2 rings (SSSR count). The Morgan fingerprint density at radius 3 is 2.81 bits per heavy atom. The van der Waals surface area contributed by atoms with E-state index in [-0.39, 0.29) is 24.4 Å². The first-order valence-corrected chi connectivity index (χ1v) is 7.20. The lowest BCUT2D eigenvalue weighted by Crippen LogP contribution is -2.34. The predicted molar refractivity (Wildman–Crippen MR) is 78.7 cm³/mol. The summed E-state index contributed by atoms with van der Waals surface area (Å²) in [6.45, 7) is 0.759. The van der Waals surface area contributed by atoms with Crippen molar-refractivity contribution in [1.82, 2.24) is 4.90 Å². The first-order valence-electron chi connectivity index (χ1n) is 6.44. The summed E-state index contributed by atoms with van der Waals surface area (Å²) < 4.78 is 10.1. The van der Waals surface area contributed by atoms with Crippen LogP contribution >= 0.6 is 23.2 Å². The second-order valence-electron chi connectivity index (χ2n) is 4.71. The molecule has 1 unspecified atom stereocenters. The lowest BCUT2D eigenvalue weighted by atomic mass is 10.1. The number of esters is 1. The fraction of sp³-hybridized carbons (Fsp3) is 0.429. The Bertz CT molecular complexity index is 550. The summed E-state index contributed by atoms with van der Waals surface area (Å²) >= 11 is 11.7. The lowest BCUT2D eigenvalue weighted by molar-refractivity contribution is -0.145. The molecule has 5 nitrogen and oxygen atoms in total. The molecule has 7 heteroatoms. The minimum atomic E-state index is -0.285. The van der Waals surface area contributed by atoms with E-state index in [1.807, 2.05) is 0 Å². The van der Waals surface area contributed by atoms with Crippen molar-refractivity contribution in [3.05, 3.63) is 28.2 Å². The van der Waals surface area contributed by atoms with Gasteiger partial charge in [-0.2, -0.15) is 0 Å². The van der Waals surface area contributed by atoms with Gasteiger partial charge in [0.25, 0.3) is 5.91 Å². The van der Waals surface area contributed by atoms with Crippen molar-refractivity contribution >= 4 is 35.1 Å². The van der Waals surface area contributed by atoms with E-state index in [9.17, 15) is 9.59 Å². The molecule has 0 spiro atoms. The second kappa shape index (κ2) is 7.00. The van der Waals surface area contributed by atoms with Crippen LogP contribution < -0.4 is 4.74 Å². The Hall–Kier alpha value is -1.46. The van der Waals surface area contributed by atoms with Crippen LogP contribution in [-0.2, 0) is 14.3 Å². The number of benzene rings is 1. The molecule has 1 fully saturated rings. The maximum absolute atomic E-state index is 12.0. The van der Waals surface area contributed by atoms with Gasteiger partial charge in [0, 0.05) is 18.1 Å². The molecule has 114 valence electrons. The quantitative estimate of drug-likeness (QED) is 0.795. The van der Waals surface area contributed by atoms with Gasteiger partial charge in [0.1, 0.15) is 5.75 Å². The van der Waals surface area contributed by atoms with Crippen molar-refractivity contribution in [3.8, 4) is 5.75 Å². The molecule has 1 atom stereocenters. The monoisotopic (exact) mass is 331 g/mol. The van der Waals surface area contributed by atoms with Crippen molar-refractivity contribution in [2.75, 3.05) is 26.8 Å². The summed E-state index contributed by atoms with van der Waals surface area (Å²) in [5.41, 5.74) is 0. The summed E-state index contributed by atoms with van der Waals surface area (Å²) in [6, 6.07) is 4.79. The molecule has 0 saturated carbocycles. The third-order valence-corrected chi connectivity index (χ3v) is 3.85. The molecule has 1 heterocycles. The van der Waals surface area contributed by atoms with Gasteiger partial charge in [-0.25, -0.2) is 0 Å². The van der Waals surface area contributed by atoms with Crippen molar-refractivity contribution in [2.45, 2.75) is 6.42 Å². The first kappa shape index (κ1) is 15.9. The van der Waals surface area contributed by atoms with Crippen LogP contribution in [0.25, 0.3) is 0 Å². The zero-order valence-corrected chi connectivity index (χ0v) is 13.0. The van der Waals surface area contributed by atoms with Gasteiger partial charge in [0.15, 0.2) is 6.61 Å². The Kier molecular flexibility index (Phi) is 5.31. The largest absolute Gasteiger partial charge is 0.482 e. The molecule has 0 radical (unpaired) electrons. The zero-order valence-electron chi connectivity index (χ0n) is 11.5. The van der Waals surface area contributed by atoms with Crippen LogP contribution in [0.5, 0.6) is 5.75 Å². The minimum Gasteiger partial charge on any atom is -0.482 e. The van der Waals surface area contributed by atoms with Crippen molar-refractivity contribution < 1.29 is 19.1 Å². The van der Waals surface area contributed by atoms with Crippen LogP contribution in [0.15, 0.2) is 18.2 Å². The first-order chi connectivity index (χ1) is 10.0. The number of rotatable bonds is 4. The van der Waals surface area contributed by atoms with E-state index >= 15 is 0 Å². The molecular weight excluding hydrogens is 317 g/mol. The van der Waals surface area contributed by atoms with Gasteiger partial charge in [0.05, 0.1) is 18.1 Å². The number of hydrogen-bond acceptors (Lipinski definition) is 4. The number of halogens is 2. The standard InChI is InChI=1S/C14H15Cl2NO4/c1-20-14(19)9-4-5-17(7-9)13(18)8-21-12-3-2-10(15)6-11(12)16/h2-3,6,9H,4-5,7-8H2,1H3. The van der Waals surface area contributed by atoms with Crippen molar-refractivity contribution in [3.63, 3.8) is 0 Å². The van der Waals surface area contributed by atoms with Crippen LogP contribution in [-0.4, -0.2) is 43.6 Å². The van der Waals surface area contributed by atoms with E-state index in [0.29, 0.717) is 35.3 Å². The molecule has 0 aliphatic carbocycles. The van der Waals surface area contributed by atoms with E-state index < -0.39 is 0 Å². The highest BCUT2D eigenvalue weighted by molar-refractivity contribution is 6.35. The summed E-state index contributed by atoms with van der Waals surface area (Å²) in [7, 11) is 1.35. The number of carbonyl (C=O) groups is 2. The van der Waals surface area contributed by atoms with E-state index in [0.717, 1.165) is 0 Å². The number of carbonyl (C=O) groups excluding carboxylic acids is 2. The number of methoxy groups -OCH3 is 1. The fourth-order valence-corrected chi connectivity index (χ4v) is 2.63. The topological polar surface area (TPSA) is 55.8 Å². The highest BCUT2D eigenvalue weighted by atomic mass is 35.5. The van der Waals surface area contributed by atoms with Crippen molar-refractivity contribution in [2.24, 2.45) is 5.92 Å². The van der Waals surface area contributed by atoms with Gasteiger partial charge < -0.3 is 14.4 Å². The smallest absolute Gasteiger partial charge is 0.310 e. The molecule has 1 amide bonds. The van der Waals surface area contributed by atoms with Crippen molar-refractivity contribution in [1.29, 1.82) is 0 Å². The number of ether oxygens (including phenoxy) is 2. The van der Waals surface area contributed by atoms with Gasteiger partial charge in [-0.1, -0.05) is 23.2 Å². The second-order valence-corrected chi connectivity index (χ2v) is 5.56. The molecule has 0 N–H and O–H groups in total. The molecule has 1 saturated heterocycles. The number of nitrogens with zero attached hydrogens (tertiary/aromatic N) is 1. The van der Waals surface area contributed by atoms with Gasteiger partial charge in [-0.3, -0.25) is 9.59 Å². The molecular formula is C14H15Cl2NO4. The molecule has 1 aliphatic rings. The number of hydrogen-bond donors (Lipinski definition) is 0. The molecule has 21 heavy (non-hydrogen) atoms. The van der Waals surface area contributed by atoms with Crippen LogP contribution in [0.1, 0.15) is 6.42 Å². The van der Waals surface area contributed by atoms with E-state index in [1.165, 1.54) is 7.11 Å². The van der Waals surface area contributed by atoms with Gasteiger partial charge in [-0.15, -0.1) is 0 Å². The Morgan fingerprint density at radius 1 is 1.38 bits per heavy atom. The molecule has 1 aromatic rings. The third-order valence-electron chi connectivity index (χ3n) is 3.32. The highest BCUT2D eigenvalue weighted by Gasteiger charge is 2.31. The maximum atomic E-state index is 12.0. The lowest BCUT2D eigenvalue weighted by Gasteiger charge is -2.16. The minimum absolute atomic E-state index is 0.130. The average Bonchev–Trinajstić information content (AvgIpc) is 2.95. The highest BCUT2D eigenvalue weighted by Crippen LogP contribution is 2.27. The fourth-order valence-electron chi connectivity index (χ4n) is 2.17. The predicted octanol–water partition coefficient (Wildman–Crippen LogP) is 2.39. The van der Waals surface area contributed by atoms with E-state index in [1.54, 1.807) is 23.1 Å². The van der Waals surface area contributed by atoms with Crippen LogP contribution in [0, 0.1) is 5.92 Å². The van der Waals surface area contributed by atoms with Crippen LogP contribution in [0.2, 0.25) is 10.0 Å². The molecule has 1 aromatic carbocycles.